The van der Waals surface area contributed by atoms with Crippen molar-refractivity contribution in [2.24, 2.45) is 5.41 Å². The van der Waals surface area contributed by atoms with Crippen LogP contribution in [0.2, 0.25) is 0 Å². The highest BCUT2D eigenvalue weighted by Gasteiger charge is 2.49. The van der Waals surface area contributed by atoms with Crippen molar-refractivity contribution >= 4 is 15.4 Å². The lowest BCUT2D eigenvalue weighted by atomic mass is 9.86. The topological polar surface area (TPSA) is 102 Å². The average Bonchev–Trinajstić information content (AvgIpc) is 2.43. The first-order chi connectivity index (χ1) is 10.0. The highest BCUT2D eigenvalue weighted by Crippen LogP contribution is 2.62. The van der Waals surface area contributed by atoms with Gasteiger partial charge in [-0.05, 0) is 12.0 Å². The van der Waals surface area contributed by atoms with Crippen LogP contribution in [0.25, 0.3) is 0 Å². The molecule has 0 aliphatic heterocycles. The van der Waals surface area contributed by atoms with E-state index in [-0.39, 0.29) is 0 Å². The molecule has 1 aromatic carbocycles. The third kappa shape index (κ3) is 5.28. The van der Waals surface area contributed by atoms with E-state index < -0.39 is 26.7 Å². The minimum absolute atomic E-state index is 0.370. The van der Waals surface area contributed by atoms with Crippen molar-refractivity contribution in [3.05, 3.63) is 35.9 Å². The van der Waals surface area contributed by atoms with Crippen LogP contribution in [0.15, 0.2) is 30.3 Å². The van der Waals surface area contributed by atoms with Crippen LogP contribution in [0, 0.1) is 5.41 Å². The first-order valence-corrected chi connectivity index (χ1v) is 9.67. The molecular formula is C13H22O7P2. The molecule has 126 valence electrons. The van der Waals surface area contributed by atoms with Gasteiger partial charge < -0.3 is 18.8 Å². The molecule has 0 saturated heterocycles. The Morgan fingerprint density at radius 3 is 2.00 bits per heavy atom. The summed E-state index contributed by atoms with van der Waals surface area (Å²) in [5, 5.41) is 0. The molecule has 0 amide bonds. The van der Waals surface area contributed by atoms with E-state index in [2.05, 4.69) is 0 Å². The van der Waals surface area contributed by atoms with Gasteiger partial charge in [0.25, 0.3) is 0 Å². The van der Waals surface area contributed by atoms with Crippen molar-refractivity contribution in [1.29, 1.82) is 0 Å². The highest BCUT2D eigenvalue weighted by molar-refractivity contribution is 7.55. The number of benzene rings is 1. The van der Waals surface area contributed by atoms with E-state index in [4.69, 9.17) is 23.4 Å². The number of phosphoric acid groups is 1. The van der Waals surface area contributed by atoms with Gasteiger partial charge in [0.2, 0.25) is 0 Å². The summed E-state index contributed by atoms with van der Waals surface area (Å²) < 4.78 is 38.5. The second-order valence-electron chi connectivity index (χ2n) is 5.50. The lowest BCUT2D eigenvalue weighted by Crippen LogP contribution is -2.34. The molecule has 1 unspecified atom stereocenters. The zero-order valence-electron chi connectivity index (χ0n) is 13.0. The number of hydrogen-bond donors (Lipinski definition) is 2. The second-order valence-corrected chi connectivity index (χ2v) is 8.98. The monoisotopic (exact) mass is 352 g/mol. The first-order valence-electron chi connectivity index (χ1n) is 6.53. The molecule has 0 spiro atoms. The molecule has 0 heterocycles. The molecule has 0 bridgehead atoms. The van der Waals surface area contributed by atoms with E-state index in [9.17, 15) is 9.13 Å². The van der Waals surface area contributed by atoms with Crippen molar-refractivity contribution in [1.82, 2.24) is 0 Å². The Bertz CT molecular complexity index is 559. The molecule has 1 rings (SSSR count). The van der Waals surface area contributed by atoms with Crippen molar-refractivity contribution in [3.63, 3.8) is 0 Å². The van der Waals surface area contributed by atoms with Crippen LogP contribution >= 0.6 is 15.4 Å². The fraction of sp³-hybridized carbons (Fsp3) is 0.538. The Morgan fingerprint density at radius 1 is 1.09 bits per heavy atom. The number of hydrogen-bond acceptors (Lipinski definition) is 5. The van der Waals surface area contributed by atoms with E-state index in [0.717, 1.165) is 19.8 Å². The van der Waals surface area contributed by atoms with Gasteiger partial charge in [0.1, 0.15) is 0 Å². The Morgan fingerprint density at radius 2 is 1.59 bits per heavy atom. The summed E-state index contributed by atoms with van der Waals surface area (Å²) in [5.41, 5.74) is -0.00474. The molecule has 0 aliphatic carbocycles. The van der Waals surface area contributed by atoms with Crippen LogP contribution in [0.3, 0.4) is 0 Å². The van der Waals surface area contributed by atoms with Crippen molar-refractivity contribution in [2.45, 2.75) is 26.1 Å². The summed E-state index contributed by atoms with van der Waals surface area (Å²) in [6, 6.07) is 9.27. The molecule has 7 nitrogen and oxygen atoms in total. The molecule has 0 aliphatic rings. The van der Waals surface area contributed by atoms with Gasteiger partial charge >= 0.3 is 15.4 Å². The summed E-state index contributed by atoms with van der Waals surface area (Å²) in [4.78, 5) is 18.3. The Kier molecular flexibility index (Phi) is 6.54. The van der Waals surface area contributed by atoms with Gasteiger partial charge in [-0.25, -0.2) is 4.57 Å². The van der Waals surface area contributed by atoms with Crippen LogP contribution in [0.4, 0.5) is 0 Å². The van der Waals surface area contributed by atoms with Crippen LogP contribution in [0.5, 0.6) is 0 Å². The standard InChI is InChI=1S/C13H22O7P2/c1-13(2,10-11-8-6-5-7-9-11)12(20-22(15,16)17)21(14,18-3)19-4/h5-9,12H,10H2,1-4H3,(H2,15,16,17). The second kappa shape index (κ2) is 7.37. The molecule has 0 radical (unpaired) electrons. The van der Waals surface area contributed by atoms with Crippen molar-refractivity contribution in [2.75, 3.05) is 14.2 Å². The van der Waals surface area contributed by atoms with E-state index in [0.29, 0.717) is 6.42 Å². The third-order valence-electron chi connectivity index (χ3n) is 3.20. The normalized spacial score (nSPS) is 14.8. The fourth-order valence-electron chi connectivity index (χ4n) is 2.23. The maximum atomic E-state index is 12.7. The zero-order valence-corrected chi connectivity index (χ0v) is 14.8. The molecule has 22 heavy (non-hydrogen) atoms. The number of rotatable bonds is 8. The van der Waals surface area contributed by atoms with Gasteiger partial charge in [-0.15, -0.1) is 0 Å². The third-order valence-corrected chi connectivity index (χ3v) is 6.25. The summed E-state index contributed by atoms with van der Waals surface area (Å²) >= 11 is 0. The van der Waals surface area contributed by atoms with Gasteiger partial charge in [0.05, 0.1) is 0 Å². The summed E-state index contributed by atoms with van der Waals surface area (Å²) in [6.45, 7) is 3.37. The summed E-state index contributed by atoms with van der Waals surface area (Å²) in [6.07, 6.45) is 0.370. The van der Waals surface area contributed by atoms with Gasteiger partial charge in [0.15, 0.2) is 5.85 Å². The molecule has 1 atom stereocenters. The summed E-state index contributed by atoms with van der Waals surface area (Å²) in [7, 11) is -6.44. The van der Waals surface area contributed by atoms with Gasteiger partial charge in [0, 0.05) is 19.6 Å². The molecule has 2 N–H and O–H groups in total. The Hall–Kier alpha value is -0.520. The fourth-order valence-corrected chi connectivity index (χ4v) is 5.09. The van der Waals surface area contributed by atoms with Crippen LogP contribution < -0.4 is 0 Å². The quantitative estimate of drug-likeness (QED) is 0.693. The Balaban J connectivity index is 3.18. The zero-order chi connectivity index (χ0) is 17.0. The highest BCUT2D eigenvalue weighted by atomic mass is 31.2. The smallest absolute Gasteiger partial charge is 0.310 e. The largest absolute Gasteiger partial charge is 0.470 e. The minimum Gasteiger partial charge on any atom is -0.310 e. The van der Waals surface area contributed by atoms with Crippen LogP contribution in [-0.4, -0.2) is 29.9 Å². The molecular weight excluding hydrogens is 330 g/mol. The van der Waals surface area contributed by atoms with Gasteiger partial charge in [-0.3, -0.25) is 9.09 Å². The van der Waals surface area contributed by atoms with Gasteiger partial charge in [-0.2, -0.15) is 0 Å². The van der Waals surface area contributed by atoms with E-state index in [1.807, 2.05) is 30.3 Å². The molecule has 9 heteroatoms. The predicted molar refractivity (Wildman–Crippen MR) is 82.5 cm³/mol. The first kappa shape index (κ1) is 19.5. The number of phosphoric ester groups is 1. The van der Waals surface area contributed by atoms with Crippen LogP contribution in [-0.2, 0) is 29.1 Å². The average molecular weight is 352 g/mol. The SMILES string of the molecule is COP(=O)(OC)C(OP(=O)(O)O)C(C)(C)Cc1ccccc1. The van der Waals surface area contributed by atoms with Crippen LogP contribution in [0.1, 0.15) is 19.4 Å². The molecule has 1 aromatic rings. The minimum atomic E-state index is -4.88. The lowest BCUT2D eigenvalue weighted by molar-refractivity contribution is 0.0689. The lowest BCUT2D eigenvalue weighted by Gasteiger charge is -2.36. The Labute approximate surface area is 130 Å². The maximum Gasteiger partial charge on any atom is 0.470 e. The molecule has 0 saturated carbocycles. The summed E-state index contributed by atoms with van der Waals surface area (Å²) in [5.74, 6) is -1.42. The van der Waals surface area contributed by atoms with E-state index >= 15 is 0 Å². The van der Waals surface area contributed by atoms with Crippen molar-refractivity contribution < 1.29 is 32.5 Å². The maximum absolute atomic E-state index is 12.7. The van der Waals surface area contributed by atoms with Crippen molar-refractivity contribution in [3.8, 4) is 0 Å². The molecule has 0 fully saturated rings. The predicted octanol–water partition coefficient (Wildman–Crippen LogP) is 3.18. The molecule has 0 aromatic heterocycles. The van der Waals surface area contributed by atoms with Gasteiger partial charge in [-0.1, -0.05) is 44.2 Å². The van der Waals surface area contributed by atoms with E-state index in [1.54, 1.807) is 13.8 Å². The van der Waals surface area contributed by atoms with E-state index in [1.165, 1.54) is 0 Å².